The van der Waals surface area contributed by atoms with E-state index in [1.54, 1.807) is 0 Å². The first kappa shape index (κ1) is 14.3. The summed E-state index contributed by atoms with van der Waals surface area (Å²) in [5.41, 5.74) is 0. The first-order chi connectivity index (χ1) is 8.03. The maximum Gasteiger partial charge on any atom is 0.287 e. The van der Waals surface area contributed by atoms with Crippen molar-refractivity contribution >= 4 is 5.91 Å². The molecule has 0 spiro atoms. The van der Waals surface area contributed by atoms with E-state index in [4.69, 9.17) is 5.11 Å². The van der Waals surface area contributed by atoms with Gasteiger partial charge < -0.3 is 15.7 Å². The van der Waals surface area contributed by atoms with Crippen LogP contribution in [0.5, 0.6) is 0 Å². The zero-order valence-electron chi connectivity index (χ0n) is 9.72. The molecule has 0 aromatic heterocycles. The maximum atomic E-state index is 12.7. The lowest BCUT2D eigenvalue weighted by atomic mass is 10.3. The number of hydrogen-bond acceptors (Lipinski definition) is 4. The molecule has 1 fully saturated rings. The lowest BCUT2D eigenvalue weighted by Gasteiger charge is -2.20. The summed E-state index contributed by atoms with van der Waals surface area (Å²) in [6.45, 7) is 1.32. The van der Waals surface area contributed by atoms with Crippen LogP contribution in [0.2, 0.25) is 0 Å². The fourth-order valence-electron chi connectivity index (χ4n) is 1.60. The minimum Gasteiger partial charge on any atom is -0.390 e. The number of rotatable bonds is 5. The number of nitrogens with one attached hydrogen (secondary N) is 2. The molecule has 7 heteroatoms. The number of carbonyl (C=O) groups excluding carboxylic acids is 1. The van der Waals surface area contributed by atoms with Crippen molar-refractivity contribution in [1.29, 1.82) is 0 Å². The van der Waals surface area contributed by atoms with Crippen LogP contribution in [0.1, 0.15) is 6.42 Å². The van der Waals surface area contributed by atoms with Crippen LogP contribution in [0, 0.1) is 0 Å². The van der Waals surface area contributed by atoms with E-state index in [2.05, 4.69) is 10.6 Å². The number of hydrogen-bond donors (Lipinski definition) is 3. The van der Waals surface area contributed by atoms with Crippen molar-refractivity contribution in [3.8, 4) is 0 Å². The molecule has 1 saturated heterocycles. The van der Waals surface area contributed by atoms with E-state index < -0.39 is 25.0 Å². The largest absolute Gasteiger partial charge is 0.390 e. The van der Waals surface area contributed by atoms with Gasteiger partial charge in [0.1, 0.15) is 6.61 Å². The normalized spacial score (nSPS) is 18.8. The van der Waals surface area contributed by atoms with Crippen LogP contribution in [0.3, 0.4) is 0 Å². The van der Waals surface area contributed by atoms with E-state index >= 15 is 0 Å². The fourth-order valence-corrected chi connectivity index (χ4v) is 1.60. The SMILES string of the molecule is O=C(CN1CCCNCC1)NCC(F)(F)CO. The van der Waals surface area contributed by atoms with Crippen molar-refractivity contribution in [2.75, 3.05) is 45.9 Å². The Morgan fingerprint density at radius 3 is 2.88 bits per heavy atom. The maximum absolute atomic E-state index is 12.7. The third-order valence-electron chi connectivity index (χ3n) is 2.58. The summed E-state index contributed by atoms with van der Waals surface area (Å²) in [5.74, 6) is -3.67. The lowest BCUT2D eigenvalue weighted by molar-refractivity contribution is -0.125. The summed E-state index contributed by atoms with van der Waals surface area (Å²) in [5, 5.41) is 13.7. The third-order valence-corrected chi connectivity index (χ3v) is 2.58. The summed E-state index contributed by atoms with van der Waals surface area (Å²) in [6, 6.07) is 0. The quantitative estimate of drug-likeness (QED) is 0.588. The molecule has 0 aromatic carbocycles. The Morgan fingerprint density at radius 2 is 2.18 bits per heavy atom. The Kier molecular flexibility index (Phi) is 5.73. The van der Waals surface area contributed by atoms with Crippen molar-refractivity contribution in [2.24, 2.45) is 0 Å². The van der Waals surface area contributed by atoms with Gasteiger partial charge >= 0.3 is 0 Å². The molecule has 1 aliphatic rings. The second-order valence-corrected chi connectivity index (χ2v) is 4.17. The average molecular weight is 251 g/mol. The molecule has 0 saturated carbocycles. The van der Waals surface area contributed by atoms with Crippen molar-refractivity contribution in [1.82, 2.24) is 15.5 Å². The number of aliphatic hydroxyl groups excluding tert-OH is 1. The molecule has 0 bridgehead atoms. The van der Waals surface area contributed by atoms with Crippen LogP contribution in [0.15, 0.2) is 0 Å². The number of amides is 1. The van der Waals surface area contributed by atoms with Gasteiger partial charge in [0.15, 0.2) is 0 Å². The van der Waals surface area contributed by atoms with Gasteiger partial charge in [-0.3, -0.25) is 9.69 Å². The number of halogens is 2. The highest BCUT2D eigenvalue weighted by molar-refractivity contribution is 5.78. The number of aliphatic hydroxyl groups is 1. The Hall–Kier alpha value is -0.790. The van der Waals surface area contributed by atoms with Crippen molar-refractivity contribution in [3.05, 3.63) is 0 Å². The molecule has 1 aliphatic heterocycles. The molecule has 0 aliphatic carbocycles. The number of nitrogens with zero attached hydrogens (tertiary/aromatic N) is 1. The topological polar surface area (TPSA) is 64.6 Å². The molecule has 100 valence electrons. The van der Waals surface area contributed by atoms with Gasteiger partial charge in [-0.1, -0.05) is 0 Å². The van der Waals surface area contributed by atoms with Crippen LogP contribution < -0.4 is 10.6 Å². The summed E-state index contributed by atoms with van der Waals surface area (Å²) >= 11 is 0. The van der Waals surface area contributed by atoms with Crippen molar-refractivity contribution < 1.29 is 18.7 Å². The molecule has 0 unspecified atom stereocenters. The molecule has 17 heavy (non-hydrogen) atoms. The van der Waals surface area contributed by atoms with Gasteiger partial charge in [-0.2, -0.15) is 0 Å². The minimum atomic E-state index is -3.24. The molecule has 1 heterocycles. The summed E-state index contributed by atoms with van der Waals surface area (Å²) in [6.07, 6.45) is 0.945. The molecule has 1 rings (SSSR count). The molecule has 3 N–H and O–H groups in total. The second kappa shape index (κ2) is 6.83. The number of carbonyl (C=O) groups is 1. The van der Waals surface area contributed by atoms with Crippen LogP contribution in [-0.4, -0.2) is 67.7 Å². The highest BCUT2D eigenvalue weighted by Crippen LogP contribution is 2.09. The van der Waals surface area contributed by atoms with Crippen molar-refractivity contribution in [2.45, 2.75) is 12.3 Å². The van der Waals surface area contributed by atoms with E-state index in [0.29, 0.717) is 0 Å². The predicted molar refractivity (Wildman–Crippen MR) is 59.0 cm³/mol. The first-order valence-corrected chi connectivity index (χ1v) is 5.72. The molecular formula is C10H19F2N3O2. The van der Waals surface area contributed by atoms with Crippen molar-refractivity contribution in [3.63, 3.8) is 0 Å². The standard InChI is InChI=1S/C10H19F2N3O2/c11-10(12,8-16)7-14-9(17)6-15-4-1-2-13-3-5-15/h13,16H,1-8H2,(H,14,17). The molecule has 0 aromatic rings. The Balaban J connectivity index is 2.24. The van der Waals surface area contributed by atoms with Crippen LogP contribution in [-0.2, 0) is 4.79 Å². The van der Waals surface area contributed by atoms with Crippen LogP contribution in [0.4, 0.5) is 8.78 Å². The van der Waals surface area contributed by atoms with Gasteiger partial charge in [0, 0.05) is 13.1 Å². The van der Waals surface area contributed by atoms with Gasteiger partial charge in [-0.15, -0.1) is 0 Å². The van der Waals surface area contributed by atoms with Gasteiger partial charge in [0.2, 0.25) is 5.91 Å². The third kappa shape index (κ3) is 5.90. The highest BCUT2D eigenvalue weighted by atomic mass is 19.3. The van der Waals surface area contributed by atoms with Crippen LogP contribution >= 0.6 is 0 Å². The fraction of sp³-hybridized carbons (Fsp3) is 0.900. The monoisotopic (exact) mass is 251 g/mol. The van der Waals surface area contributed by atoms with Gasteiger partial charge in [-0.25, -0.2) is 8.78 Å². The zero-order valence-corrected chi connectivity index (χ0v) is 9.72. The Bertz CT molecular complexity index is 244. The second-order valence-electron chi connectivity index (χ2n) is 4.17. The average Bonchev–Trinajstić information content (AvgIpc) is 2.55. The smallest absolute Gasteiger partial charge is 0.287 e. The van der Waals surface area contributed by atoms with E-state index in [0.717, 1.165) is 32.6 Å². The van der Waals surface area contributed by atoms with Gasteiger partial charge in [0.05, 0.1) is 13.1 Å². The van der Waals surface area contributed by atoms with E-state index in [9.17, 15) is 13.6 Å². The molecule has 5 nitrogen and oxygen atoms in total. The summed E-state index contributed by atoms with van der Waals surface area (Å²) in [4.78, 5) is 13.3. The van der Waals surface area contributed by atoms with Gasteiger partial charge in [-0.05, 0) is 19.5 Å². The predicted octanol–water partition coefficient (Wildman–Crippen LogP) is -0.974. The summed E-state index contributed by atoms with van der Waals surface area (Å²) in [7, 11) is 0. The first-order valence-electron chi connectivity index (χ1n) is 5.72. The highest BCUT2D eigenvalue weighted by Gasteiger charge is 2.28. The van der Waals surface area contributed by atoms with E-state index in [1.165, 1.54) is 0 Å². The lowest BCUT2D eigenvalue weighted by Crippen LogP contribution is -2.44. The summed E-state index contributed by atoms with van der Waals surface area (Å²) < 4.78 is 25.3. The van der Waals surface area contributed by atoms with E-state index in [1.807, 2.05) is 4.90 Å². The van der Waals surface area contributed by atoms with E-state index in [-0.39, 0.29) is 6.54 Å². The van der Waals surface area contributed by atoms with Gasteiger partial charge in [0.25, 0.3) is 5.92 Å². The minimum absolute atomic E-state index is 0.128. The Morgan fingerprint density at radius 1 is 1.41 bits per heavy atom. The molecule has 0 radical (unpaired) electrons. The molecular weight excluding hydrogens is 232 g/mol. The Labute approximate surface area is 99.2 Å². The number of alkyl halides is 2. The van der Waals surface area contributed by atoms with Crippen LogP contribution in [0.25, 0.3) is 0 Å². The molecule has 1 amide bonds. The molecule has 0 atom stereocenters. The zero-order chi connectivity index (χ0) is 12.7.